The molecule has 0 saturated carbocycles. The van der Waals surface area contributed by atoms with Crippen LogP contribution in [0.5, 0.6) is 5.75 Å². The standard InChI is InChI=1S/C21H22BrN3O2/c1-4-5-20-24-19-11-8-16(22)12-18(19)21(26)25(20)23-13-15-6-9-17(10-7-15)27-14(2)3/h6-14H,4-5H2,1-3H3. The Kier molecular flexibility index (Phi) is 6.06. The van der Waals surface area contributed by atoms with Gasteiger partial charge in [0.2, 0.25) is 0 Å². The van der Waals surface area contributed by atoms with Crippen molar-refractivity contribution in [3.63, 3.8) is 0 Å². The van der Waals surface area contributed by atoms with E-state index in [1.165, 1.54) is 4.68 Å². The Labute approximate surface area is 166 Å². The number of aromatic nitrogens is 2. The maximum atomic E-state index is 12.9. The van der Waals surface area contributed by atoms with E-state index in [2.05, 4.69) is 32.9 Å². The molecule has 0 unspecified atom stereocenters. The molecule has 1 heterocycles. The van der Waals surface area contributed by atoms with Gasteiger partial charge in [0.25, 0.3) is 5.56 Å². The lowest BCUT2D eigenvalue weighted by molar-refractivity contribution is 0.242. The fourth-order valence-electron chi connectivity index (χ4n) is 2.73. The molecule has 0 aliphatic rings. The number of benzene rings is 2. The van der Waals surface area contributed by atoms with E-state index in [1.807, 2.05) is 50.2 Å². The Morgan fingerprint density at radius 1 is 1.22 bits per heavy atom. The van der Waals surface area contributed by atoms with Crippen molar-refractivity contribution in [3.8, 4) is 5.75 Å². The molecule has 0 amide bonds. The molecule has 0 radical (unpaired) electrons. The van der Waals surface area contributed by atoms with Crippen LogP contribution >= 0.6 is 15.9 Å². The molecule has 0 bridgehead atoms. The zero-order chi connectivity index (χ0) is 19.4. The smallest absolute Gasteiger partial charge is 0.282 e. The van der Waals surface area contributed by atoms with Crippen molar-refractivity contribution in [2.24, 2.45) is 5.10 Å². The number of halogens is 1. The summed E-state index contributed by atoms with van der Waals surface area (Å²) in [5, 5.41) is 4.97. The van der Waals surface area contributed by atoms with Crippen LogP contribution in [-0.2, 0) is 6.42 Å². The number of hydrogen-bond donors (Lipinski definition) is 0. The molecule has 0 aliphatic carbocycles. The third-order valence-electron chi connectivity index (χ3n) is 3.92. The first-order valence-electron chi connectivity index (χ1n) is 9.00. The van der Waals surface area contributed by atoms with Gasteiger partial charge in [-0.3, -0.25) is 4.79 Å². The normalized spacial score (nSPS) is 11.6. The van der Waals surface area contributed by atoms with E-state index >= 15 is 0 Å². The van der Waals surface area contributed by atoms with E-state index in [1.54, 1.807) is 12.3 Å². The molecule has 1 aromatic heterocycles. The fraction of sp³-hybridized carbons (Fsp3) is 0.286. The minimum absolute atomic E-state index is 0.127. The van der Waals surface area contributed by atoms with Crippen molar-refractivity contribution in [3.05, 3.63) is 68.7 Å². The molecule has 6 heteroatoms. The van der Waals surface area contributed by atoms with Crippen LogP contribution in [0, 0.1) is 0 Å². The van der Waals surface area contributed by atoms with Crippen molar-refractivity contribution in [2.45, 2.75) is 39.7 Å². The van der Waals surface area contributed by atoms with Gasteiger partial charge < -0.3 is 4.74 Å². The lowest BCUT2D eigenvalue weighted by Crippen LogP contribution is -2.22. The molecular formula is C21H22BrN3O2. The van der Waals surface area contributed by atoms with Gasteiger partial charge in [0.15, 0.2) is 0 Å². The van der Waals surface area contributed by atoms with E-state index in [4.69, 9.17) is 4.74 Å². The van der Waals surface area contributed by atoms with Gasteiger partial charge in [-0.2, -0.15) is 9.78 Å². The monoisotopic (exact) mass is 427 g/mol. The predicted octanol–water partition coefficient (Wildman–Crippen LogP) is 4.78. The van der Waals surface area contributed by atoms with Gasteiger partial charge in [-0.1, -0.05) is 22.9 Å². The summed E-state index contributed by atoms with van der Waals surface area (Å²) in [6, 6.07) is 13.1. The third-order valence-corrected chi connectivity index (χ3v) is 4.42. The van der Waals surface area contributed by atoms with Crippen LogP contribution in [0.4, 0.5) is 0 Å². The molecule has 2 aromatic carbocycles. The molecule has 5 nitrogen and oxygen atoms in total. The maximum Gasteiger partial charge on any atom is 0.282 e. The molecular weight excluding hydrogens is 406 g/mol. The van der Waals surface area contributed by atoms with Gasteiger partial charge in [-0.05, 0) is 68.3 Å². The predicted molar refractivity (Wildman–Crippen MR) is 113 cm³/mol. The minimum Gasteiger partial charge on any atom is -0.491 e. The Morgan fingerprint density at radius 3 is 2.63 bits per heavy atom. The van der Waals surface area contributed by atoms with Crippen LogP contribution in [-0.4, -0.2) is 22.0 Å². The molecule has 0 spiro atoms. The molecule has 0 atom stereocenters. The largest absolute Gasteiger partial charge is 0.491 e. The Morgan fingerprint density at radius 2 is 1.96 bits per heavy atom. The maximum absolute atomic E-state index is 12.9. The number of fused-ring (bicyclic) bond motifs is 1. The SMILES string of the molecule is CCCc1nc2ccc(Br)cc2c(=O)n1N=Cc1ccc(OC(C)C)cc1. The number of ether oxygens (including phenoxy) is 1. The van der Waals surface area contributed by atoms with Crippen LogP contribution in [0.2, 0.25) is 0 Å². The summed E-state index contributed by atoms with van der Waals surface area (Å²) in [5.74, 6) is 1.47. The van der Waals surface area contributed by atoms with Gasteiger partial charge in [0, 0.05) is 10.9 Å². The first-order chi connectivity index (χ1) is 13.0. The molecule has 3 rings (SSSR count). The molecule has 3 aromatic rings. The average Bonchev–Trinajstić information content (AvgIpc) is 2.63. The van der Waals surface area contributed by atoms with Crippen molar-refractivity contribution < 1.29 is 4.74 Å². The Balaban J connectivity index is 1.99. The van der Waals surface area contributed by atoms with Crippen molar-refractivity contribution in [1.82, 2.24) is 9.66 Å². The summed E-state index contributed by atoms with van der Waals surface area (Å²) in [4.78, 5) is 17.6. The van der Waals surface area contributed by atoms with Gasteiger partial charge in [0.1, 0.15) is 11.6 Å². The highest BCUT2D eigenvalue weighted by molar-refractivity contribution is 9.10. The summed E-state index contributed by atoms with van der Waals surface area (Å²) in [6.07, 6.45) is 3.36. The van der Waals surface area contributed by atoms with Gasteiger partial charge >= 0.3 is 0 Å². The second kappa shape index (κ2) is 8.48. The van der Waals surface area contributed by atoms with E-state index < -0.39 is 0 Å². The zero-order valence-electron chi connectivity index (χ0n) is 15.6. The van der Waals surface area contributed by atoms with Gasteiger partial charge in [-0.25, -0.2) is 4.98 Å². The Hall–Kier alpha value is -2.47. The number of nitrogens with zero attached hydrogens (tertiary/aromatic N) is 3. The highest BCUT2D eigenvalue weighted by Crippen LogP contribution is 2.17. The van der Waals surface area contributed by atoms with Crippen LogP contribution in [0.3, 0.4) is 0 Å². The highest BCUT2D eigenvalue weighted by atomic mass is 79.9. The summed E-state index contributed by atoms with van der Waals surface area (Å²) < 4.78 is 7.89. The molecule has 27 heavy (non-hydrogen) atoms. The van der Waals surface area contributed by atoms with Crippen LogP contribution in [0.1, 0.15) is 38.6 Å². The average molecular weight is 428 g/mol. The second-order valence-electron chi connectivity index (χ2n) is 6.54. The first-order valence-corrected chi connectivity index (χ1v) is 9.79. The zero-order valence-corrected chi connectivity index (χ0v) is 17.2. The summed E-state index contributed by atoms with van der Waals surface area (Å²) in [6.45, 7) is 6.03. The lowest BCUT2D eigenvalue weighted by atomic mass is 10.2. The fourth-order valence-corrected chi connectivity index (χ4v) is 3.09. The van der Waals surface area contributed by atoms with E-state index in [0.29, 0.717) is 23.1 Å². The topological polar surface area (TPSA) is 56.5 Å². The molecule has 140 valence electrons. The van der Waals surface area contributed by atoms with Crippen molar-refractivity contribution in [1.29, 1.82) is 0 Å². The second-order valence-corrected chi connectivity index (χ2v) is 7.45. The van der Waals surface area contributed by atoms with Crippen molar-refractivity contribution in [2.75, 3.05) is 0 Å². The van der Waals surface area contributed by atoms with Crippen molar-refractivity contribution >= 4 is 33.0 Å². The number of rotatable bonds is 6. The quantitative estimate of drug-likeness (QED) is 0.531. The summed E-state index contributed by atoms with van der Waals surface area (Å²) >= 11 is 3.41. The molecule has 0 aliphatic heterocycles. The van der Waals surface area contributed by atoms with E-state index in [9.17, 15) is 4.79 Å². The lowest BCUT2D eigenvalue weighted by Gasteiger charge is -2.10. The van der Waals surface area contributed by atoms with Crippen LogP contribution in [0.15, 0.2) is 56.8 Å². The molecule has 0 saturated heterocycles. The minimum atomic E-state index is -0.166. The van der Waals surface area contributed by atoms with Crippen LogP contribution < -0.4 is 10.3 Å². The van der Waals surface area contributed by atoms with Crippen LogP contribution in [0.25, 0.3) is 10.9 Å². The molecule has 0 fully saturated rings. The number of aryl methyl sites for hydroxylation is 1. The van der Waals surface area contributed by atoms with Gasteiger partial charge in [-0.15, -0.1) is 0 Å². The van der Waals surface area contributed by atoms with Gasteiger partial charge in [0.05, 0.1) is 23.2 Å². The first kappa shape index (κ1) is 19.3. The summed E-state index contributed by atoms with van der Waals surface area (Å²) in [7, 11) is 0. The third kappa shape index (κ3) is 4.63. The highest BCUT2D eigenvalue weighted by Gasteiger charge is 2.10. The Bertz CT molecular complexity index is 1020. The molecule has 0 N–H and O–H groups in total. The van der Waals surface area contributed by atoms with E-state index in [0.717, 1.165) is 22.2 Å². The van der Waals surface area contributed by atoms with E-state index in [-0.39, 0.29) is 11.7 Å². The summed E-state index contributed by atoms with van der Waals surface area (Å²) in [5.41, 5.74) is 1.41. The number of hydrogen-bond acceptors (Lipinski definition) is 4.